The lowest BCUT2D eigenvalue weighted by Gasteiger charge is -2.33. The van der Waals surface area contributed by atoms with E-state index < -0.39 is 33.4 Å². The van der Waals surface area contributed by atoms with Gasteiger partial charge in [-0.2, -0.15) is 9.31 Å². The summed E-state index contributed by atoms with van der Waals surface area (Å²) in [5, 5.41) is 3.48. The summed E-state index contributed by atoms with van der Waals surface area (Å²) in [6.45, 7) is 4.44. The molecule has 9 nitrogen and oxygen atoms in total. The van der Waals surface area contributed by atoms with E-state index in [4.69, 9.17) is 0 Å². The van der Waals surface area contributed by atoms with Crippen LogP contribution in [-0.2, 0) is 14.8 Å². The molecule has 4 rings (SSSR count). The monoisotopic (exact) mass is 462 g/mol. The van der Waals surface area contributed by atoms with Gasteiger partial charge in [0, 0.05) is 18.2 Å². The summed E-state index contributed by atoms with van der Waals surface area (Å²) in [6.07, 6.45) is 5.30. The fourth-order valence-corrected chi connectivity index (χ4v) is 6.59. The van der Waals surface area contributed by atoms with Crippen molar-refractivity contribution in [3.05, 3.63) is 29.8 Å². The molecule has 0 radical (unpaired) electrons. The summed E-state index contributed by atoms with van der Waals surface area (Å²) in [6, 6.07) is 4.94. The van der Waals surface area contributed by atoms with Crippen LogP contribution in [0.15, 0.2) is 29.2 Å². The van der Waals surface area contributed by atoms with E-state index in [-0.39, 0.29) is 16.5 Å². The molecule has 2 saturated heterocycles. The Bertz CT molecular complexity index is 1030. The van der Waals surface area contributed by atoms with Gasteiger partial charge in [-0.25, -0.2) is 13.2 Å². The lowest BCUT2D eigenvalue weighted by Crippen LogP contribution is -2.51. The number of nitrogens with one attached hydrogen (secondary N) is 2. The van der Waals surface area contributed by atoms with Crippen molar-refractivity contribution < 1.29 is 22.8 Å². The normalized spacial score (nSPS) is 29.2. The second-order valence-electron chi connectivity index (χ2n) is 9.26. The molecular formula is C22H30N4O5S. The number of benzene rings is 1. The van der Waals surface area contributed by atoms with Crippen molar-refractivity contribution in [3.8, 4) is 0 Å². The van der Waals surface area contributed by atoms with Crippen molar-refractivity contribution in [1.82, 2.24) is 20.1 Å². The van der Waals surface area contributed by atoms with Crippen molar-refractivity contribution in [2.24, 2.45) is 5.92 Å². The molecule has 1 saturated carbocycles. The summed E-state index contributed by atoms with van der Waals surface area (Å²) in [5.74, 6) is -0.687. The van der Waals surface area contributed by atoms with Crippen LogP contribution in [0.3, 0.4) is 0 Å². The van der Waals surface area contributed by atoms with Crippen LogP contribution in [0, 0.1) is 5.92 Å². The molecule has 0 bridgehead atoms. The molecule has 1 atom stereocenters. The number of amides is 4. The average Bonchev–Trinajstić information content (AvgIpc) is 3.00. The third-order valence-corrected chi connectivity index (χ3v) is 8.96. The molecule has 1 spiro atoms. The largest absolute Gasteiger partial charge is 0.344 e. The molecule has 2 heterocycles. The van der Waals surface area contributed by atoms with Gasteiger partial charge >= 0.3 is 6.03 Å². The Morgan fingerprint density at radius 1 is 1.12 bits per heavy atom. The third-order valence-electron chi connectivity index (χ3n) is 6.95. The number of nitrogens with zero attached hydrogens (tertiary/aromatic N) is 2. The molecule has 3 fully saturated rings. The smallest absolute Gasteiger partial charge is 0.322 e. The van der Waals surface area contributed by atoms with E-state index >= 15 is 0 Å². The molecule has 1 aliphatic carbocycles. The molecule has 1 aromatic carbocycles. The molecule has 0 aromatic heterocycles. The molecule has 174 valence electrons. The molecular weight excluding hydrogens is 432 g/mol. The zero-order valence-electron chi connectivity index (χ0n) is 18.5. The van der Waals surface area contributed by atoms with Crippen LogP contribution in [0.25, 0.3) is 0 Å². The van der Waals surface area contributed by atoms with Gasteiger partial charge in [-0.05, 0) is 69.6 Å². The highest BCUT2D eigenvalue weighted by Gasteiger charge is 2.53. The van der Waals surface area contributed by atoms with Crippen LogP contribution in [0.5, 0.6) is 0 Å². The first-order chi connectivity index (χ1) is 15.1. The summed E-state index contributed by atoms with van der Waals surface area (Å²) in [4.78, 5) is 38.3. The highest BCUT2D eigenvalue weighted by atomic mass is 32.2. The predicted octanol–water partition coefficient (Wildman–Crippen LogP) is 2.40. The number of hydrazine groups is 1. The minimum atomic E-state index is -3.75. The quantitative estimate of drug-likeness (QED) is 0.667. The average molecular weight is 463 g/mol. The van der Waals surface area contributed by atoms with Gasteiger partial charge in [0.15, 0.2) is 0 Å². The number of rotatable bonds is 4. The van der Waals surface area contributed by atoms with Crippen LogP contribution in [0.1, 0.15) is 69.2 Å². The summed E-state index contributed by atoms with van der Waals surface area (Å²) >= 11 is 0. The van der Waals surface area contributed by atoms with Crippen molar-refractivity contribution in [1.29, 1.82) is 0 Å². The van der Waals surface area contributed by atoms with Gasteiger partial charge in [-0.3, -0.25) is 15.0 Å². The van der Waals surface area contributed by atoms with Crippen LogP contribution in [-0.4, -0.2) is 53.7 Å². The van der Waals surface area contributed by atoms with Gasteiger partial charge < -0.3 is 5.32 Å². The Morgan fingerprint density at radius 3 is 2.53 bits per heavy atom. The molecule has 1 unspecified atom stereocenters. The summed E-state index contributed by atoms with van der Waals surface area (Å²) in [5.41, 5.74) is 1.47. The standard InChI is InChI=1S/C22H30N4O5S/c1-15-9-11-22(12-10-15)20(28)26(21(29)23-22)24-19(27)17-7-5-8-18(14-17)32(30,31)25-13-4-3-6-16(25)2/h5,7-8,14-16H,3-4,6,9-13H2,1-2H3,(H,23,29)(H,24,27). The van der Waals surface area contributed by atoms with Gasteiger partial charge in [0.05, 0.1) is 4.90 Å². The Hall–Kier alpha value is -2.46. The number of hydrogen-bond donors (Lipinski definition) is 2. The first-order valence-corrected chi connectivity index (χ1v) is 12.7. The Balaban J connectivity index is 1.51. The van der Waals surface area contributed by atoms with E-state index in [1.165, 1.54) is 28.6 Å². The van der Waals surface area contributed by atoms with Gasteiger partial charge in [-0.15, -0.1) is 0 Å². The number of imide groups is 1. The fourth-order valence-electron chi connectivity index (χ4n) is 4.84. The summed E-state index contributed by atoms with van der Waals surface area (Å²) in [7, 11) is -3.75. The van der Waals surface area contributed by atoms with Crippen molar-refractivity contribution >= 4 is 27.9 Å². The van der Waals surface area contributed by atoms with Crippen molar-refractivity contribution in [3.63, 3.8) is 0 Å². The number of piperidine rings is 1. The van der Waals surface area contributed by atoms with Crippen LogP contribution >= 0.6 is 0 Å². The maximum atomic E-state index is 13.1. The van der Waals surface area contributed by atoms with Crippen LogP contribution < -0.4 is 10.7 Å². The predicted molar refractivity (Wildman–Crippen MR) is 117 cm³/mol. The van der Waals surface area contributed by atoms with Gasteiger partial charge in [0.2, 0.25) is 10.0 Å². The number of carbonyl (C=O) groups excluding carboxylic acids is 3. The minimum absolute atomic E-state index is 0.0221. The topological polar surface area (TPSA) is 116 Å². The molecule has 4 amide bonds. The molecule has 2 aliphatic heterocycles. The van der Waals surface area contributed by atoms with Crippen molar-refractivity contribution in [2.45, 2.75) is 75.3 Å². The summed E-state index contributed by atoms with van der Waals surface area (Å²) < 4.78 is 27.7. The number of hydrogen-bond acceptors (Lipinski definition) is 5. The van der Waals surface area contributed by atoms with E-state index in [0.717, 1.165) is 37.1 Å². The zero-order chi connectivity index (χ0) is 23.1. The van der Waals surface area contributed by atoms with Crippen LogP contribution in [0.4, 0.5) is 4.79 Å². The lowest BCUT2D eigenvalue weighted by atomic mass is 9.77. The van der Waals surface area contributed by atoms with Crippen molar-refractivity contribution in [2.75, 3.05) is 6.54 Å². The van der Waals surface area contributed by atoms with Crippen LogP contribution in [0.2, 0.25) is 0 Å². The lowest BCUT2D eigenvalue weighted by molar-refractivity contribution is -0.134. The van der Waals surface area contributed by atoms with Gasteiger partial charge in [0.1, 0.15) is 5.54 Å². The second-order valence-corrected chi connectivity index (χ2v) is 11.2. The highest BCUT2D eigenvalue weighted by molar-refractivity contribution is 7.89. The first kappa shape index (κ1) is 22.7. The first-order valence-electron chi connectivity index (χ1n) is 11.2. The molecule has 10 heteroatoms. The molecule has 32 heavy (non-hydrogen) atoms. The fraction of sp³-hybridized carbons (Fsp3) is 0.591. The van der Waals surface area contributed by atoms with E-state index in [1.807, 2.05) is 6.92 Å². The Morgan fingerprint density at radius 2 is 1.84 bits per heavy atom. The maximum absolute atomic E-state index is 13.1. The molecule has 2 N–H and O–H groups in total. The number of carbonyl (C=O) groups is 3. The highest BCUT2D eigenvalue weighted by Crippen LogP contribution is 2.36. The zero-order valence-corrected chi connectivity index (χ0v) is 19.3. The van der Waals surface area contributed by atoms with Gasteiger partial charge in [0.25, 0.3) is 11.8 Å². The van der Waals surface area contributed by atoms with E-state index in [2.05, 4.69) is 17.7 Å². The van der Waals surface area contributed by atoms with E-state index in [1.54, 1.807) is 0 Å². The molecule has 3 aliphatic rings. The Kier molecular flexibility index (Phi) is 6.02. The van der Waals surface area contributed by atoms with E-state index in [0.29, 0.717) is 25.3 Å². The second kappa shape index (κ2) is 8.47. The number of sulfonamides is 1. The minimum Gasteiger partial charge on any atom is -0.322 e. The van der Waals surface area contributed by atoms with E-state index in [9.17, 15) is 22.8 Å². The Labute approximate surface area is 188 Å². The maximum Gasteiger partial charge on any atom is 0.344 e. The third kappa shape index (κ3) is 4.01. The van der Waals surface area contributed by atoms with Gasteiger partial charge in [-0.1, -0.05) is 19.4 Å². The number of urea groups is 1. The molecule has 1 aromatic rings. The SMILES string of the molecule is CC1CCC2(CC1)NC(=O)N(NC(=O)c1cccc(S(=O)(=O)N3CCCCC3C)c1)C2=O.